The first-order valence-electron chi connectivity index (χ1n) is 9.26. The Morgan fingerprint density at radius 1 is 1.23 bits per heavy atom. The Morgan fingerprint density at radius 3 is 2.68 bits per heavy atom. The number of piperidine rings is 2. The number of hydrogen-bond acceptors (Lipinski definition) is 3. The Kier molecular flexibility index (Phi) is 6.27. The summed E-state index contributed by atoms with van der Waals surface area (Å²) in [7, 11) is 0. The smallest absolute Gasteiger partial charge is 0.242 e. The minimum Gasteiger partial charge on any atom is -0.341 e. The minimum absolute atomic E-state index is 0.158. The van der Waals surface area contributed by atoms with E-state index in [1.165, 1.54) is 32.2 Å². The zero-order valence-electron chi connectivity index (χ0n) is 14.8. The quantitative estimate of drug-likeness (QED) is 0.849. The maximum absolute atomic E-state index is 12.7. The Bertz CT molecular complexity index is 369. The van der Waals surface area contributed by atoms with Crippen LogP contribution in [0.5, 0.6) is 0 Å². The van der Waals surface area contributed by atoms with Crippen molar-refractivity contribution in [3.8, 4) is 0 Å². The molecule has 4 nitrogen and oxygen atoms in total. The molecule has 2 fully saturated rings. The fraction of sp³-hybridized carbons (Fsp3) is 0.944. The lowest BCUT2D eigenvalue weighted by Crippen LogP contribution is -2.56. The zero-order valence-corrected chi connectivity index (χ0v) is 14.8. The molecule has 4 heteroatoms. The van der Waals surface area contributed by atoms with E-state index in [9.17, 15) is 4.79 Å². The van der Waals surface area contributed by atoms with Crippen LogP contribution in [0.4, 0.5) is 0 Å². The number of amides is 1. The van der Waals surface area contributed by atoms with Crippen LogP contribution in [0.1, 0.15) is 65.7 Å². The molecule has 0 aromatic carbocycles. The highest BCUT2D eigenvalue weighted by Crippen LogP contribution is 2.24. The SMILES string of the molecule is CCCC(C)(N)C(=O)N1CCCC(CN2CCCCC2C)C1. The van der Waals surface area contributed by atoms with Gasteiger partial charge in [0, 0.05) is 25.7 Å². The third-order valence-electron chi connectivity index (χ3n) is 5.50. The van der Waals surface area contributed by atoms with Gasteiger partial charge in [0.2, 0.25) is 5.91 Å². The van der Waals surface area contributed by atoms with Crippen molar-refractivity contribution in [1.82, 2.24) is 9.80 Å². The van der Waals surface area contributed by atoms with Crippen LogP contribution >= 0.6 is 0 Å². The average molecular weight is 309 g/mol. The van der Waals surface area contributed by atoms with Gasteiger partial charge in [-0.2, -0.15) is 0 Å². The molecule has 1 amide bonds. The Morgan fingerprint density at radius 2 is 2.00 bits per heavy atom. The molecule has 3 unspecified atom stereocenters. The molecule has 2 rings (SSSR count). The molecule has 0 aromatic heterocycles. The molecule has 2 N–H and O–H groups in total. The third kappa shape index (κ3) is 4.45. The minimum atomic E-state index is -0.685. The van der Waals surface area contributed by atoms with Gasteiger partial charge in [-0.15, -0.1) is 0 Å². The van der Waals surface area contributed by atoms with Crippen molar-refractivity contribution >= 4 is 5.91 Å². The second kappa shape index (κ2) is 7.78. The highest BCUT2D eigenvalue weighted by molar-refractivity contribution is 5.85. The standard InChI is InChI=1S/C18H35N3O/c1-4-10-18(3,19)17(22)21-12-7-9-16(14-21)13-20-11-6-5-8-15(20)2/h15-16H,4-14,19H2,1-3H3. The van der Waals surface area contributed by atoms with Crippen LogP contribution in [0, 0.1) is 5.92 Å². The van der Waals surface area contributed by atoms with Gasteiger partial charge < -0.3 is 15.5 Å². The van der Waals surface area contributed by atoms with Gasteiger partial charge in [0.25, 0.3) is 0 Å². The van der Waals surface area contributed by atoms with E-state index in [2.05, 4.69) is 18.7 Å². The molecule has 2 saturated heterocycles. The first kappa shape index (κ1) is 17.7. The molecule has 0 radical (unpaired) electrons. The predicted molar refractivity (Wildman–Crippen MR) is 91.7 cm³/mol. The molecule has 2 aliphatic rings. The highest BCUT2D eigenvalue weighted by Gasteiger charge is 2.35. The van der Waals surface area contributed by atoms with Gasteiger partial charge in [0.15, 0.2) is 0 Å². The van der Waals surface area contributed by atoms with Crippen LogP contribution in [-0.2, 0) is 4.79 Å². The van der Waals surface area contributed by atoms with E-state index in [0.717, 1.165) is 38.9 Å². The van der Waals surface area contributed by atoms with Crippen molar-refractivity contribution in [2.75, 3.05) is 26.2 Å². The predicted octanol–water partition coefficient (Wildman–Crippen LogP) is 2.62. The van der Waals surface area contributed by atoms with E-state index < -0.39 is 5.54 Å². The summed E-state index contributed by atoms with van der Waals surface area (Å²) in [5.74, 6) is 0.779. The van der Waals surface area contributed by atoms with E-state index in [0.29, 0.717) is 12.0 Å². The number of hydrogen-bond donors (Lipinski definition) is 1. The first-order valence-corrected chi connectivity index (χ1v) is 9.26. The average Bonchev–Trinajstić information content (AvgIpc) is 2.49. The molecule has 2 heterocycles. The summed E-state index contributed by atoms with van der Waals surface area (Å²) in [6.07, 6.45) is 8.14. The third-order valence-corrected chi connectivity index (χ3v) is 5.50. The lowest BCUT2D eigenvalue weighted by Gasteiger charge is -2.41. The van der Waals surface area contributed by atoms with Gasteiger partial charge in [0.1, 0.15) is 0 Å². The number of carbonyl (C=O) groups excluding carboxylic acids is 1. The molecular formula is C18H35N3O. The fourth-order valence-corrected chi connectivity index (χ4v) is 4.15. The van der Waals surface area contributed by atoms with Crippen LogP contribution in [0.2, 0.25) is 0 Å². The van der Waals surface area contributed by atoms with Crippen LogP contribution in [-0.4, -0.2) is 53.5 Å². The van der Waals surface area contributed by atoms with Gasteiger partial charge in [0.05, 0.1) is 5.54 Å². The summed E-state index contributed by atoms with van der Waals surface area (Å²) < 4.78 is 0. The zero-order chi connectivity index (χ0) is 16.2. The number of rotatable bonds is 5. The van der Waals surface area contributed by atoms with Gasteiger partial charge in [-0.3, -0.25) is 4.79 Å². The second-order valence-corrected chi connectivity index (χ2v) is 7.77. The van der Waals surface area contributed by atoms with Crippen LogP contribution < -0.4 is 5.73 Å². The molecule has 2 aliphatic heterocycles. The Balaban J connectivity index is 1.89. The van der Waals surface area contributed by atoms with E-state index in [1.54, 1.807) is 0 Å². The van der Waals surface area contributed by atoms with E-state index in [1.807, 2.05) is 11.8 Å². The summed E-state index contributed by atoms with van der Waals surface area (Å²) in [6.45, 7) is 10.5. The van der Waals surface area contributed by atoms with Crippen molar-refractivity contribution in [2.24, 2.45) is 11.7 Å². The van der Waals surface area contributed by atoms with Crippen molar-refractivity contribution in [1.29, 1.82) is 0 Å². The molecule has 0 spiro atoms. The summed E-state index contributed by atoms with van der Waals surface area (Å²) in [5, 5.41) is 0. The number of nitrogens with zero attached hydrogens (tertiary/aromatic N) is 2. The monoisotopic (exact) mass is 309 g/mol. The Hall–Kier alpha value is -0.610. The molecular weight excluding hydrogens is 274 g/mol. The maximum atomic E-state index is 12.7. The second-order valence-electron chi connectivity index (χ2n) is 7.77. The van der Waals surface area contributed by atoms with Crippen LogP contribution in [0.15, 0.2) is 0 Å². The van der Waals surface area contributed by atoms with Crippen LogP contribution in [0.25, 0.3) is 0 Å². The summed E-state index contributed by atoms with van der Waals surface area (Å²) in [6, 6.07) is 0.708. The first-order chi connectivity index (χ1) is 10.4. The molecule has 128 valence electrons. The molecule has 3 atom stereocenters. The van der Waals surface area contributed by atoms with Crippen molar-refractivity contribution in [2.45, 2.75) is 77.3 Å². The van der Waals surface area contributed by atoms with E-state index >= 15 is 0 Å². The fourth-order valence-electron chi connectivity index (χ4n) is 4.15. The van der Waals surface area contributed by atoms with Crippen LogP contribution in [0.3, 0.4) is 0 Å². The number of carbonyl (C=O) groups is 1. The van der Waals surface area contributed by atoms with Gasteiger partial charge in [-0.05, 0) is 58.4 Å². The summed E-state index contributed by atoms with van der Waals surface area (Å²) in [4.78, 5) is 17.4. The molecule has 0 aromatic rings. The molecule has 22 heavy (non-hydrogen) atoms. The van der Waals surface area contributed by atoms with Gasteiger partial charge in [-0.1, -0.05) is 19.8 Å². The summed E-state index contributed by atoms with van der Waals surface area (Å²) in [5.41, 5.74) is 5.57. The van der Waals surface area contributed by atoms with E-state index in [-0.39, 0.29) is 5.91 Å². The van der Waals surface area contributed by atoms with Crippen molar-refractivity contribution in [3.05, 3.63) is 0 Å². The lowest BCUT2D eigenvalue weighted by molar-refractivity contribution is -0.138. The molecule has 0 bridgehead atoms. The van der Waals surface area contributed by atoms with Gasteiger partial charge >= 0.3 is 0 Å². The van der Waals surface area contributed by atoms with Crippen molar-refractivity contribution in [3.63, 3.8) is 0 Å². The van der Waals surface area contributed by atoms with Gasteiger partial charge in [-0.25, -0.2) is 0 Å². The molecule has 0 saturated carbocycles. The molecule has 0 aliphatic carbocycles. The van der Waals surface area contributed by atoms with E-state index in [4.69, 9.17) is 5.73 Å². The largest absolute Gasteiger partial charge is 0.341 e. The lowest BCUT2D eigenvalue weighted by atomic mass is 9.91. The topological polar surface area (TPSA) is 49.6 Å². The van der Waals surface area contributed by atoms with Crippen molar-refractivity contribution < 1.29 is 4.79 Å². The Labute approximate surface area is 136 Å². The highest BCUT2D eigenvalue weighted by atomic mass is 16.2. The normalized spacial score (nSPS) is 30.1. The number of likely N-dealkylation sites (tertiary alicyclic amines) is 2. The number of nitrogens with two attached hydrogens (primary N) is 1. The summed E-state index contributed by atoms with van der Waals surface area (Å²) >= 11 is 0. The maximum Gasteiger partial charge on any atom is 0.242 e.